The minimum absolute atomic E-state index is 0.00931. The van der Waals surface area contributed by atoms with Crippen LogP contribution in [0.4, 0.5) is 4.39 Å². The number of hydrogen-bond acceptors (Lipinski definition) is 5. The largest absolute Gasteiger partial charge is 0.466 e. The molecule has 1 aromatic carbocycles. The first kappa shape index (κ1) is 29.7. The lowest BCUT2D eigenvalue weighted by molar-refractivity contribution is -0.144. The van der Waals surface area contributed by atoms with Gasteiger partial charge in [-0.2, -0.15) is 0 Å². The lowest BCUT2D eigenvalue weighted by atomic mass is 9.86. The number of halogens is 2. The fourth-order valence-corrected chi connectivity index (χ4v) is 6.89. The molecule has 6 nitrogen and oxygen atoms in total. The zero-order valence-electron chi connectivity index (χ0n) is 23.8. The fraction of sp³-hybridized carbons (Fsp3) is 0.515. The Morgan fingerprint density at radius 2 is 2.02 bits per heavy atom. The number of methoxy groups -OCH3 is 1. The van der Waals surface area contributed by atoms with Crippen molar-refractivity contribution in [3.05, 3.63) is 76.9 Å². The highest BCUT2D eigenvalue weighted by atomic mass is 35.5. The van der Waals surface area contributed by atoms with Gasteiger partial charge in [-0.25, -0.2) is 4.39 Å². The maximum absolute atomic E-state index is 14.9. The van der Waals surface area contributed by atoms with Crippen molar-refractivity contribution in [2.24, 2.45) is 17.8 Å². The molecule has 0 bridgehead atoms. The van der Waals surface area contributed by atoms with Crippen LogP contribution in [0.5, 0.6) is 0 Å². The maximum atomic E-state index is 14.9. The number of ether oxygens (including phenoxy) is 3. The third kappa shape index (κ3) is 6.68. The highest BCUT2D eigenvalue weighted by molar-refractivity contribution is 6.30. The van der Waals surface area contributed by atoms with Crippen LogP contribution in [0.3, 0.4) is 0 Å². The van der Waals surface area contributed by atoms with Gasteiger partial charge in [0.2, 0.25) is 0 Å². The van der Waals surface area contributed by atoms with E-state index in [0.29, 0.717) is 30.9 Å². The summed E-state index contributed by atoms with van der Waals surface area (Å²) >= 11 is 6.46. The van der Waals surface area contributed by atoms with Gasteiger partial charge in [0.1, 0.15) is 17.7 Å². The number of Topliss-reactive ketones (excluding diaryl/α,β-unsaturated/α-hetero) is 1. The van der Waals surface area contributed by atoms with E-state index in [-0.39, 0.29) is 35.5 Å². The molecule has 0 N–H and O–H groups in total. The van der Waals surface area contributed by atoms with Crippen LogP contribution in [-0.4, -0.2) is 36.1 Å². The summed E-state index contributed by atoms with van der Waals surface area (Å²) in [5, 5.41) is 0.569. The van der Waals surface area contributed by atoms with E-state index in [2.05, 4.69) is 4.57 Å². The molecule has 0 saturated heterocycles. The second kappa shape index (κ2) is 13.5. The van der Waals surface area contributed by atoms with Crippen molar-refractivity contribution in [2.45, 2.75) is 76.6 Å². The lowest BCUT2D eigenvalue weighted by Crippen LogP contribution is -2.31. The third-order valence-electron chi connectivity index (χ3n) is 8.75. The van der Waals surface area contributed by atoms with Gasteiger partial charge in [0, 0.05) is 48.6 Å². The quantitative estimate of drug-likeness (QED) is 0.223. The van der Waals surface area contributed by atoms with Gasteiger partial charge in [0.05, 0.1) is 30.2 Å². The van der Waals surface area contributed by atoms with Crippen molar-refractivity contribution >= 4 is 23.4 Å². The van der Waals surface area contributed by atoms with Crippen molar-refractivity contribution in [1.29, 1.82) is 0 Å². The fourth-order valence-electron chi connectivity index (χ4n) is 6.70. The van der Waals surface area contributed by atoms with Gasteiger partial charge < -0.3 is 18.8 Å². The molecule has 2 aromatic rings. The number of rotatable bonds is 9. The van der Waals surface area contributed by atoms with E-state index in [0.717, 1.165) is 49.0 Å². The average molecular weight is 584 g/mol. The molecule has 8 heteroatoms. The van der Waals surface area contributed by atoms with Crippen molar-refractivity contribution in [1.82, 2.24) is 4.57 Å². The van der Waals surface area contributed by atoms with Gasteiger partial charge in [-0.15, -0.1) is 0 Å². The molecule has 3 aliphatic rings. The van der Waals surface area contributed by atoms with Gasteiger partial charge in [0.25, 0.3) is 0 Å². The Bertz CT molecular complexity index is 1300. The SMILES string of the molecule is CCOC(=O)CC1CCCC(C(=O)CC[C@@H]2O[C@@H](C3C=CC=C(F)C3OC)c3cc(Cl)ccc3-n3cccc32)CC1. The van der Waals surface area contributed by atoms with E-state index in [1.54, 1.807) is 6.08 Å². The molecular weight excluding hydrogens is 545 g/mol. The monoisotopic (exact) mass is 583 g/mol. The Hall–Kier alpha value is -2.74. The second-order valence-corrected chi connectivity index (χ2v) is 11.7. The van der Waals surface area contributed by atoms with Crippen LogP contribution < -0.4 is 0 Å². The Morgan fingerprint density at radius 3 is 2.83 bits per heavy atom. The minimum Gasteiger partial charge on any atom is -0.466 e. The van der Waals surface area contributed by atoms with Crippen LogP contribution >= 0.6 is 11.6 Å². The number of allylic oxidation sites excluding steroid dienone is 2. The summed E-state index contributed by atoms with van der Waals surface area (Å²) in [6.07, 6.45) is 11.1. The van der Waals surface area contributed by atoms with Crippen LogP contribution in [0.25, 0.3) is 5.69 Å². The normalized spacial score (nSPS) is 27.7. The maximum Gasteiger partial charge on any atom is 0.306 e. The smallest absolute Gasteiger partial charge is 0.306 e. The molecule has 1 aliphatic heterocycles. The summed E-state index contributed by atoms with van der Waals surface area (Å²) in [7, 11) is 1.50. The molecule has 4 unspecified atom stereocenters. The molecule has 2 aliphatic carbocycles. The standard InChI is InChI=1S/C33H39ClFNO5/c1-3-40-31(38)19-21-7-4-8-22(13-12-21)29(37)16-17-30-28-11-6-18-36(28)27-15-14-23(34)20-25(27)32(41-30)24-9-5-10-26(35)33(24)39-2/h5-6,9-11,14-15,18,20-22,24,30,32-33H,3-4,7-8,12-13,16-17,19H2,1-2H3/t21?,22?,24?,30-,32-,33?/m0/s1. The molecule has 1 saturated carbocycles. The molecule has 220 valence electrons. The number of hydrogen-bond donors (Lipinski definition) is 0. The Labute approximate surface area is 246 Å². The van der Waals surface area contributed by atoms with E-state index < -0.39 is 18.1 Å². The summed E-state index contributed by atoms with van der Waals surface area (Å²) in [5.41, 5.74) is 2.72. The summed E-state index contributed by atoms with van der Waals surface area (Å²) in [6, 6.07) is 9.68. The van der Waals surface area contributed by atoms with E-state index >= 15 is 0 Å². The molecule has 0 amide bonds. The molecule has 1 aromatic heterocycles. The molecule has 1 fully saturated rings. The van der Waals surface area contributed by atoms with Crippen molar-refractivity contribution in [3.8, 4) is 5.69 Å². The van der Waals surface area contributed by atoms with Crippen molar-refractivity contribution in [2.75, 3.05) is 13.7 Å². The zero-order chi connectivity index (χ0) is 28.9. The first-order chi connectivity index (χ1) is 19.9. The van der Waals surface area contributed by atoms with E-state index in [1.165, 1.54) is 13.2 Å². The Balaban J connectivity index is 1.34. The van der Waals surface area contributed by atoms with Crippen molar-refractivity contribution in [3.63, 3.8) is 0 Å². The van der Waals surface area contributed by atoms with Gasteiger partial charge in [-0.3, -0.25) is 9.59 Å². The predicted octanol–water partition coefficient (Wildman–Crippen LogP) is 7.80. The first-order valence-corrected chi connectivity index (χ1v) is 15.1. The number of carbonyl (C=O) groups excluding carboxylic acids is 2. The molecule has 6 atom stereocenters. The van der Waals surface area contributed by atoms with Crippen LogP contribution in [0.2, 0.25) is 5.02 Å². The van der Waals surface area contributed by atoms with Crippen LogP contribution in [0.15, 0.2) is 60.6 Å². The highest BCUT2D eigenvalue weighted by Gasteiger charge is 2.39. The first-order valence-electron chi connectivity index (χ1n) is 14.8. The molecule has 5 rings (SSSR count). The van der Waals surface area contributed by atoms with E-state index in [4.69, 9.17) is 25.8 Å². The third-order valence-corrected chi connectivity index (χ3v) is 8.98. The second-order valence-electron chi connectivity index (χ2n) is 11.3. The number of aromatic nitrogens is 1. The zero-order valence-corrected chi connectivity index (χ0v) is 24.5. The van der Waals surface area contributed by atoms with E-state index in [9.17, 15) is 14.0 Å². The average Bonchev–Trinajstić information content (AvgIpc) is 3.26. The lowest BCUT2D eigenvalue weighted by Gasteiger charge is -2.33. The van der Waals surface area contributed by atoms with Gasteiger partial charge in [-0.05, 0) is 81.4 Å². The summed E-state index contributed by atoms with van der Waals surface area (Å²) in [5.74, 6) is -0.402. The number of esters is 1. The van der Waals surface area contributed by atoms with Gasteiger partial charge >= 0.3 is 5.97 Å². The van der Waals surface area contributed by atoms with Crippen LogP contribution in [0, 0.1) is 17.8 Å². The summed E-state index contributed by atoms with van der Waals surface area (Å²) in [6.45, 7) is 2.22. The topological polar surface area (TPSA) is 66.8 Å². The van der Waals surface area contributed by atoms with E-state index in [1.807, 2.05) is 49.5 Å². The highest BCUT2D eigenvalue weighted by Crippen LogP contribution is 2.46. The number of ketones is 1. The van der Waals surface area contributed by atoms with Crippen molar-refractivity contribution < 1.29 is 28.2 Å². The number of benzene rings is 1. The Morgan fingerprint density at radius 1 is 1.17 bits per heavy atom. The minimum atomic E-state index is -0.787. The molecule has 0 spiro atoms. The molecule has 41 heavy (non-hydrogen) atoms. The summed E-state index contributed by atoms with van der Waals surface area (Å²) < 4.78 is 34.5. The predicted molar refractivity (Wildman–Crippen MR) is 156 cm³/mol. The molecule has 0 radical (unpaired) electrons. The number of fused-ring (bicyclic) bond motifs is 3. The number of nitrogens with zero attached hydrogens (tertiary/aromatic N) is 1. The van der Waals surface area contributed by atoms with Crippen LogP contribution in [0.1, 0.15) is 81.8 Å². The molecule has 2 heterocycles. The number of carbonyl (C=O) groups is 2. The Kier molecular flexibility index (Phi) is 9.79. The molecular formula is C33H39ClFNO5. The van der Waals surface area contributed by atoms with Gasteiger partial charge in [-0.1, -0.05) is 30.2 Å². The summed E-state index contributed by atoms with van der Waals surface area (Å²) in [4.78, 5) is 25.5. The van der Waals surface area contributed by atoms with Gasteiger partial charge in [0.15, 0.2) is 0 Å². The van der Waals surface area contributed by atoms with Crippen LogP contribution in [-0.2, 0) is 23.8 Å².